The van der Waals surface area contributed by atoms with E-state index in [4.69, 9.17) is 9.97 Å². The molecule has 0 unspecified atom stereocenters. The van der Waals surface area contributed by atoms with Crippen LogP contribution in [0, 0.1) is 0 Å². The summed E-state index contributed by atoms with van der Waals surface area (Å²) in [4.78, 5) is 9.91. The Morgan fingerprint density at radius 2 is 0.795 bits per heavy atom. The third-order valence-electron chi connectivity index (χ3n) is 8.77. The van der Waals surface area contributed by atoms with Crippen LogP contribution in [0.4, 0.5) is 0 Å². The quantitative estimate of drug-likeness (QED) is 0.200. The van der Waals surface area contributed by atoms with Gasteiger partial charge in [0, 0.05) is 24.2 Å². The van der Waals surface area contributed by atoms with Crippen molar-refractivity contribution in [1.82, 2.24) is 19.1 Å². The largest absolute Gasteiger partial charge is 0.324 e. The minimum Gasteiger partial charge on any atom is -0.324 e. The molecule has 8 rings (SSSR count). The van der Waals surface area contributed by atoms with Crippen molar-refractivity contribution < 1.29 is 0 Å². The number of hydrogen-bond acceptors (Lipinski definition) is 2. The molecule has 0 aliphatic carbocycles. The highest BCUT2D eigenvalue weighted by Crippen LogP contribution is 2.36. The van der Waals surface area contributed by atoms with Gasteiger partial charge in [-0.1, -0.05) is 109 Å². The summed E-state index contributed by atoms with van der Waals surface area (Å²) in [5.41, 5.74) is 11.5. The Bertz CT molecular complexity index is 2120. The van der Waals surface area contributed by atoms with Gasteiger partial charge in [0.15, 0.2) is 0 Å². The zero-order valence-corrected chi connectivity index (χ0v) is 24.9. The SMILES string of the molecule is CCn1c(-c2ccc(-c3cccc4c(-c5ccc(-c6nc7ccccc7n6CC)cc5)cccc34)cc2)nc2ccccc21. The molecule has 0 aliphatic rings. The van der Waals surface area contributed by atoms with E-state index in [1.807, 2.05) is 0 Å². The minimum atomic E-state index is 0.878. The molecule has 0 saturated carbocycles. The van der Waals surface area contributed by atoms with E-state index < -0.39 is 0 Å². The molecule has 0 N–H and O–H groups in total. The van der Waals surface area contributed by atoms with Gasteiger partial charge in [-0.15, -0.1) is 0 Å². The zero-order valence-electron chi connectivity index (χ0n) is 24.9. The molecule has 4 heteroatoms. The van der Waals surface area contributed by atoms with Gasteiger partial charge >= 0.3 is 0 Å². The molecule has 0 bridgehead atoms. The number of hydrogen-bond donors (Lipinski definition) is 0. The summed E-state index contributed by atoms with van der Waals surface area (Å²) < 4.78 is 4.58. The van der Waals surface area contributed by atoms with Gasteiger partial charge in [0.1, 0.15) is 11.6 Å². The van der Waals surface area contributed by atoms with Gasteiger partial charge in [-0.2, -0.15) is 0 Å². The standard InChI is InChI=1S/C40H32N4/c1-3-43-37-17-7-5-15-35(37)41-39(43)29-23-19-27(20-24-29)31-11-9-14-34-32(12-10-13-33(31)34)28-21-25-30(26-22-28)40-42-36-16-6-8-18-38(36)44(40)4-2/h5-26H,3-4H2,1-2H3. The highest BCUT2D eigenvalue weighted by atomic mass is 15.1. The number of rotatable bonds is 6. The van der Waals surface area contributed by atoms with Crippen molar-refractivity contribution in [3.05, 3.63) is 133 Å². The van der Waals surface area contributed by atoms with E-state index in [2.05, 4.69) is 156 Å². The van der Waals surface area contributed by atoms with E-state index in [1.165, 1.54) is 44.1 Å². The summed E-state index contributed by atoms with van der Waals surface area (Å²) >= 11 is 0. The minimum absolute atomic E-state index is 0.878. The van der Waals surface area contributed by atoms with E-state index in [0.717, 1.165) is 46.9 Å². The predicted molar refractivity (Wildman–Crippen MR) is 184 cm³/mol. The molecule has 6 aromatic carbocycles. The Morgan fingerprint density at radius 3 is 1.20 bits per heavy atom. The molecule has 0 saturated heterocycles. The fourth-order valence-corrected chi connectivity index (χ4v) is 6.64. The highest BCUT2D eigenvalue weighted by Gasteiger charge is 2.14. The Balaban J connectivity index is 1.15. The highest BCUT2D eigenvalue weighted by molar-refractivity contribution is 6.04. The maximum atomic E-state index is 4.95. The van der Waals surface area contributed by atoms with Crippen LogP contribution < -0.4 is 0 Å². The van der Waals surface area contributed by atoms with Crippen molar-refractivity contribution in [2.24, 2.45) is 0 Å². The monoisotopic (exact) mass is 568 g/mol. The van der Waals surface area contributed by atoms with Gasteiger partial charge in [-0.25, -0.2) is 9.97 Å². The van der Waals surface area contributed by atoms with Crippen LogP contribution in [0.1, 0.15) is 13.8 Å². The van der Waals surface area contributed by atoms with E-state index in [1.54, 1.807) is 0 Å². The van der Waals surface area contributed by atoms with Gasteiger partial charge in [-0.3, -0.25) is 0 Å². The van der Waals surface area contributed by atoms with Crippen molar-refractivity contribution in [3.8, 4) is 45.0 Å². The lowest BCUT2D eigenvalue weighted by molar-refractivity contribution is 0.796. The smallest absolute Gasteiger partial charge is 0.141 e. The average molecular weight is 569 g/mol. The molecule has 212 valence electrons. The van der Waals surface area contributed by atoms with Crippen LogP contribution in [0.2, 0.25) is 0 Å². The Labute approximate surface area is 256 Å². The lowest BCUT2D eigenvalue weighted by Crippen LogP contribution is -1.97. The van der Waals surface area contributed by atoms with Crippen LogP contribution in [0.15, 0.2) is 133 Å². The van der Waals surface area contributed by atoms with Crippen LogP contribution in [0.3, 0.4) is 0 Å². The van der Waals surface area contributed by atoms with Crippen LogP contribution >= 0.6 is 0 Å². The molecule has 2 heterocycles. The Hall–Kier alpha value is -5.48. The lowest BCUT2D eigenvalue weighted by Gasteiger charge is -2.13. The molecule has 8 aromatic rings. The van der Waals surface area contributed by atoms with Crippen LogP contribution in [-0.2, 0) is 13.1 Å². The Kier molecular flexibility index (Phi) is 6.34. The first kappa shape index (κ1) is 26.2. The third kappa shape index (κ3) is 4.22. The molecule has 0 radical (unpaired) electrons. The fraction of sp³-hybridized carbons (Fsp3) is 0.100. The van der Waals surface area contributed by atoms with Gasteiger partial charge in [0.25, 0.3) is 0 Å². The van der Waals surface area contributed by atoms with E-state index in [-0.39, 0.29) is 0 Å². The summed E-state index contributed by atoms with van der Waals surface area (Å²) in [6.45, 7) is 6.11. The fourth-order valence-electron chi connectivity index (χ4n) is 6.64. The number of aromatic nitrogens is 4. The first-order chi connectivity index (χ1) is 21.7. The van der Waals surface area contributed by atoms with Gasteiger partial charge in [-0.05, 0) is 71.1 Å². The molecule has 0 amide bonds. The average Bonchev–Trinajstić information content (AvgIpc) is 3.66. The second-order valence-electron chi connectivity index (χ2n) is 11.2. The molecule has 0 aliphatic heterocycles. The molecule has 2 aromatic heterocycles. The van der Waals surface area contributed by atoms with Crippen LogP contribution in [0.5, 0.6) is 0 Å². The zero-order chi connectivity index (χ0) is 29.6. The molecular formula is C40H32N4. The molecule has 44 heavy (non-hydrogen) atoms. The second-order valence-corrected chi connectivity index (χ2v) is 11.2. The second kappa shape index (κ2) is 10.7. The normalized spacial score (nSPS) is 11.6. The first-order valence-electron chi connectivity index (χ1n) is 15.4. The van der Waals surface area contributed by atoms with Gasteiger partial charge in [0.2, 0.25) is 0 Å². The third-order valence-corrected chi connectivity index (χ3v) is 8.77. The number of imidazole rings is 2. The van der Waals surface area contributed by atoms with Crippen molar-refractivity contribution in [1.29, 1.82) is 0 Å². The first-order valence-corrected chi connectivity index (χ1v) is 15.4. The topological polar surface area (TPSA) is 35.6 Å². The van der Waals surface area contributed by atoms with Crippen LogP contribution in [0.25, 0.3) is 77.9 Å². The number of nitrogens with zero attached hydrogens (tertiary/aromatic N) is 4. The van der Waals surface area contributed by atoms with Crippen molar-refractivity contribution in [3.63, 3.8) is 0 Å². The van der Waals surface area contributed by atoms with Crippen LogP contribution in [-0.4, -0.2) is 19.1 Å². The van der Waals surface area contributed by atoms with Crippen molar-refractivity contribution in [2.75, 3.05) is 0 Å². The maximum absolute atomic E-state index is 4.95. The van der Waals surface area contributed by atoms with E-state index in [9.17, 15) is 0 Å². The molecule has 0 atom stereocenters. The number of aryl methyl sites for hydroxylation is 2. The lowest BCUT2D eigenvalue weighted by atomic mass is 9.92. The van der Waals surface area contributed by atoms with Gasteiger partial charge < -0.3 is 9.13 Å². The summed E-state index contributed by atoms with van der Waals surface area (Å²) in [6, 6.07) is 47.7. The number of fused-ring (bicyclic) bond motifs is 3. The van der Waals surface area contributed by atoms with Gasteiger partial charge in [0.05, 0.1) is 22.1 Å². The van der Waals surface area contributed by atoms with Crippen molar-refractivity contribution >= 4 is 32.8 Å². The number of para-hydroxylation sites is 4. The van der Waals surface area contributed by atoms with E-state index >= 15 is 0 Å². The molecule has 0 spiro atoms. The predicted octanol–water partition coefficient (Wildman–Crippen LogP) is 10.2. The summed E-state index contributed by atoms with van der Waals surface area (Å²) in [5, 5.41) is 2.49. The van der Waals surface area contributed by atoms with Crippen molar-refractivity contribution in [2.45, 2.75) is 26.9 Å². The summed E-state index contributed by atoms with van der Waals surface area (Å²) in [6.07, 6.45) is 0. The van der Waals surface area contributed by atoms with E-state index in [0.29, 0.717) is 0 Å². The molecular weight excluding hydrogens is 536 g/mol. The number of benzene rings is 6. The Morgan fingerprint density at radius 1 is 0.409 bits per heavy atom. The maximum Gasteiger partial charge on any atom is 0.141 e. The summed E-state index contributed by atoms with van der Waals surface area (Å²) in [7, 11) is 0. The summed E-state index contributed by atoms with van der Waals surface area (Å²) in [5.74, 6) is 2.02. The molecule has 0 fully saturated rings. The molecule has 4 nitrogen and oxygen atoms in total.